The maximum absolute atomic E-state index is 12.3. The van der Waals surface area contributed by atoms with Gasteiger partial charge in [0, 0.05) is 18.6 Å². The van der Waals surface area contributed by atoms with Crippen molar-refractivity contribution < 1.29 is 22.7 Å². The van der Waals surface area contributed by atoms with Gasteiger partial charge in [0.25, 0.3) is 5.91 Å². The molecule has 0 radical (unpaired) electrons. The minimum atomic E-state index is -3.37. The van der Waals surface area contributed by atoms with Gasteiger partial charge in [-0.1, -0.05) is 13.8 Å². The number of alkyl carbamates (subject to hydrolysis) is 1. The van der Waals surface area contributed by atoms with Crippen LogP contribution in [0, 0.1) is 5.92 Å². The van der Waals surface area contributed by atoms with E-state index in [0.29, 0.717) is 0 Å². The lowest BCUT2D eigenvalue weighted by Gasteiger charge is -2.20. The molecule has 0 aliphatic carbocycles. The van der Waals surface area contributed by atoms with E-state index >= 15 is 0 Å². The Labute approximate surface area is 117 Å². The minimum absolute atomic E-state index is 0.0476. The van der Waals surface area contributed by atoms with Gasteiger partial charge >= 0.3 is 6.09 Å². The Bertz CT molecular complexity index is 603. The van der Waals surface area contributed by atoms with Crippen LogP contribution in [0.2, 0.25) is 0 Å². The monoisotopic (exact) mass is 302 g/mol. The second kappa shape index (κ2) is 6.08. The highest BCUT2D eigenvalue weighted by molar-refractivity contribution is 7.90. The van der Waals surface area contributed by atoms with E-state index in [9.17, 15) is 18.0 Å². The van der Waals surface area contributed by atoms with Crippen LogP contribution in [0.4, 0.5) is 4.79 Å². The van der Waals surface area contributed by atoms with E-state index in [2.05, 4.69) is 10.1 Å². The van der Waals surface area contributed by atoms with Crippen LogP contribution in [0.3, 0.4) is 0 Å². The zero-order valence-electron chi connectivity index (χ0n) is 11.8. The normalized spacial score (nSPS) is 13.1. The predicted molar refractivity (Wildman–Crippen MR) is 72.3 cm³/mol. The minimum Gasteiger partial charge on any atom is -0.453 e. The fraction of sp³-hybridized carbons (Fsp3) is 0.500. The van der Waals surface area contributed by atoms with Crippen LogP contribution in [-0.2, 0) is 14.6 Å². The van der Waals surface area contributed by atoms with Crippen LogP contribution in [0.25, 0.3) is 0 Å². The Morgan fingerprint density at radius 3 is 2.35 bits per heavy atom. The molecule has 112 valence electrons. The van der Waals surface area contributed by atoms with Crippen molar-refractivity contribution in [1.82, 2.24) is 9.88 Å². The van der Waals surface area contributed by atoms with Crippen LogP contribution < -0.4 is 5.32 Å². The highest BCUT2D eigenvalue weighted by Crippen LogP contribution is 2.12. The lowest BCUT2D eigenvalue weighted by atomic mass is 10.0. The van der Waals surface area contributed by atoms with Crippen molar-refractivity contribution in [2.75, 3.05) is 13.4 Å². The van der Waals surface area contributed by atoms with E-state index < -0.39 is 27.9 Å². The van der Waals surface area contributed by atoms with Crippen molar-refractivity contribution in [3.63, 3.8) is 0 Å². The maximum atomic E-state index is 12.3. The highest BCUT2D eigenvalue weighted by Gasteiger charge is 2.26. The SMILES string of the molecule is COC(=O)N[C@H](C(=O)n1ccc(S(C)(=O)=O)c1)C(C)C. The zero-order chi connectivity index (χ0) is 15.5. The molecule has 1 aromatic rings. The van der Waals surface area contributed by atoms with Gasteiger partial charge in [-0.15, -0.1) is 0 Å². The number of aromatic nitrogens is 1. The molecule has 0 saturated heterocycles. The highest BCUT2D eigenvalue weighted by atomic mass is 32.2. The molecule has 1 rings (SSSR count). The number of ether oxygens (including phenoxy) is 1. The van der Waals surface area contributed by atoms with Crippen LogP contribution in [0.15, 0.2) is 23.4 Å². The quantitative estimate of drug-likeness (QED) is 0.892. The smallest absolute Gasteiger partial charge is 0.407 e. The first-order chi connectivity index (χ1) is 9.16. The summed E-state index contributed by atoms with van der Waals surface area (Å²) in [5.41, 5.74) is 0. The second-order valence-corrected chi connectivity index (χ2v) is 6.74. The molecule has 0 spiro atoms. The van der Waals surface area contributed by atoms with E-state index in [1.54, 1.807) is 13.8 Å². The van der Waals surface area contributed by atoms with Crippen LogP contribution in [-0.4, -0.2) is 44.4 Å². The summed E-state index contributed by atoms with van der Waals surface area (Å²) in [6.07, 6.45) is 2.93. The third-order valence-corrected chi connectivity index (χ3v) is 3.84. The Morgan fingerprint density at radius 1 is 1.35 bits per heavy atom. The van der Waals surface area contributed by atoms with Crippen LogP contribution in [0.1, 0.15) is 18.6 Å². The summed E-state index contributed by atoms with van der Waals surface area (Å²) in [7, 11) is -2.17. The molecule has 1 amide bonds. The lowest BCUT2D eigenvalue weighted by molar-refractivity contribution is 0.0819. The number of carbonyl (C=O) groups is 2. The van der Waals surface area contributed by atoms with Crippen molar-refractivity contribution in [3.8, 4) is 0 Å². The molecule has 0 bridgehead atoms. The molecule has 0 aliphatic heterocycles. The number of carbonyl (C=O) groups excluding carboxylic acids is 2. The van der Waals surface area contributed by atoms with Crippen LogP contribution in [0.5, 0.6) is 0 Å². The number of amides is 1. The third kappa shape index (κ3) is 3.83. The standard InChI is InChI=1S/C12H18N2O5S/c1-8(2)10(13-12(16)19-3)11(15)14-6-5-9(7-14)20(4,17)18/h5-8,10H,1-4H3,(H,13,16)/t10-/m0/s1. The maximum Gasteiger partial charge on any atom is 0.407 e. The van der Waals surface area contributed by atoms with Gasteiger partial charge in [0.15, 0.2) is 9.84 Å². The summed E-state index contributed by atoms with van der Waals surface area (Å²) in [6, 6.07) is 0.533. The fourth-order valence-corrected chi connectivity index (χ4v) is 2.21. The average molecular weight is 302 g/mol. The summed E-state index contributed by atoms with van der Waals surface area (Å²) >= 11 is 0. The van der Waals surface area contributed by atoms with Crippen molar-refractivity contribution in [2.24, 2.45) is 5.92 Å². The van der Waals surface area contributed by atoms with E-state index in [1.165, 1.54) is 25.6 Å². The fourth-order valence-electron chi connectivity index (χ4n) is 1.59. The molecule has 0 aromatic carbocycles. The molecule has 1 aromatic heterocycles. The molecule has 0 aliphatic rings. The molecule has 1 atom stereocenters. The first-order valence-electron chi connectivity index (χ1n) is 5.93. The van der Waals surface area contributed by atoms with Crippen molar-refractivity contribution >= 4 is 21.8 Å². The van der Waals surface area contributed by atoms with Gasteiger partial charge in [0.05, 0.1) is 12.0 Å². The number of hydrogen-bond donors (Lipinski definition) is 1. The summed E-state index contributed by atoms with van der Waals surface area (Å²) in [4.78, 5) is 23.6. The van der Waals surface area contributed by atoms with Gasteiger partial charge in [-0.05, 0) is 12.0 Å². The average Bonchev–Trinajstić information content (AvgIpc) is 2.83. The van der Waals surface area contributed by atoms with E-state index in [4.69, 9.17) is 0 Å². The number of rotatable bonds is 4. The number of sulfone groups is 1. The molecule has 1 heterocycles. The van der Waals surface area contributed by atoms with Crippen molar-refractivity contribution in [1.29, 1.82) is 0 Å². The van der Waals surface area contributed by atoms with Gasteiger partial charge in [0.2, 0.25) is 0 Å². The number of methoxy groups -OCH3 is 1. The van der Waals surface area contributed by atoms with E-state index in [-0.39, 0.29) is 10.8 Å². The number of nitrogens with zero attached hydrogens (tertiary/aromatic N) is 1. The number of hydrogen-bond acceptors (Lipinski definition) is 5. The van der Waals surface area contributed by atoms with E-state index in [1.807, 2.05) is 0 Å². The Morgan fingerprint density at radius 2 is 1.95 bits per heavy atom. The second-order valence-electron chi connectivity index (χ2n) is 4.72. The molecule has 0 unspecified atom stereocenters. The van der Waals surface area contributed by atoms with Gasteiger partial charge in [-0.2, -0.15) is 0 Å². The third-order valence-electron chi connectivity index (χ3n) is 2.74. The van der Waals surface area contributed by atoms with Gasteiger partial charge < -0.3 is 10.1 Å². The van der Waals surface area contributed by atoms with Crippen LogP contribution >= 0.6 is 0 Å². The Hall–Kier alpha value is -1.83. The summed E-state index contributed by atoms with van der Waals surface area (Å²) in [5.74, 6) is -0.606. The summed E-state index contributed by atoms with van der Waals surface area (Å²) in [5, 5.41) is 2.43. The topological polar surface area (TPSA) is 94.5 Å². The lowest BCUT2D eigenvalue weighted by Crippen LogP contribution is -2.46. The largest absolute Gasteiger partial charge is 0.453 e. The predicted octanol–water partition coefficient (Wildman–Crippen LogP) is 0.912. The molecule has 1 N–H and O–H groups in total. The molecule has 20 heavy (non-hydrogen) atoms. The zero-order valence-corrected chi connectivity index (χ0v) is 12.6. The Kier molecular flexibility index (Phi) is 4.93. The molecule has 0 saturated carbocycles. The van der Waals surface area contributed by atoms with Gasteiger partial charge in [-0.25, -0.2) is 13.2 Å². The molecule has 8 heteroatoms. The van der Waals surface area contributed by atoms with Crippen molar-refractivity contribution in [3.05, 3.63) is 18.5 Å². The van der Waals surface area contributed by atoms with E-state index in [0.717, 1.165) is 10.8 Å². The summed E-state index contributed by atoms with van der Waals surface area (Å²) < 4.78 is 28.4. The van der Waals surface area contributed by atoms with Gasteiger partial charge in [-0.3, -0.25) is 9.36 Å². The van der Waals surface area contributed by atoms with Crippen molar-refractivity contribution in [2.45, 2.75) is 24.8 Å². The first kappa shape index (κ1) is 16.2. The number of nitrogens with one attached hydrogen (secondary N) is 1. The molecule has 0 fully saturated rings. The molecule has 7 nitrogen and oxygen atoms in total. The molecular formula is C12H18N2O5S. The van der Waals surface area contributed by atoms with Gasteiger partial charge in [0.1, 0.15) is 6.04 Å². The molecular weight excluding hydrogens is 284 g/mol. The summed E-state index contributed by atoms with van der Waals surface area (Å²) in [6.45, 7) is 3.53. The Balaban J connectivity index is 3.01. The first-order valence-corrected chi connectivity index (χ1v) is 7.82.